The Morgan fingerprint density at radius 2 is 1.92 bits per heavy atom. The van der Waals surface area contributed by atoms with Gasteiger partial charge >= 0.3 is 12.1 Å². The smallest absolute Gasteiger partial charge is 0.417 e. The van der Waals surface area contributed by atoms with Crippen molar-refractivity contribution in [3.8, 4) is 0 Å². The highest BCUT2D eigenvalue weighted by molar-refractivity contribution is 5.98. The van der Waals surface area contributed by atoms with Crippen LogP contribution < -0.4 is 0 Å². The number of unbranched alkanes of at least 4 members (excludes halogenated alkanes) is 3. The number of ether oxygens (including phenoxy) is 1. The lowest BCUT2D eigenvalue weighted by atomic mass is 10.1. The van der Waals surface area contributed by atoms with Gasteiger partial charge in [-0.15, -0.1) is 0 Å². The van der Waals surface area contributed by atoms with Crippen LogP contribution in [0.2, 0.25) is 0 Å². The lowest BCUT2D eigenvalue weighted by Gasteiger charge is -2.24. The normalized spacial score (nSPS) is 17.4. The maximum atomic E-state index is 13.2. The van der Waals surface area contributed by atoms with E-state index in [1.165, 1.54) is 17.0 Å². The van der Waals surface area contributed by atoms with Gasteiger partial charge in [0.2, 0.25) is 0 Å². The van der Waals surface area contributed by atoms with Crippen molar-refractivity contribution in [2.45, 2.75) is 57.7 Å². The molecule has 0 bridgehead atoms. The Labute approximate surface area is 151 Å². The molecule has 0 saturated carbocycles. The van der Waals surface area contributed by atoms with Gasteiger partial charge in [-0.05, 0) is 31.4 Å². The predicted octanol–water partition coefficient (Wildman–Crippen LogP) is 4.43. The van der Waals surface area contributed by atoms with E-state index in [1.54, 1.807) is 0 Å². The Bertz CT molecular complexity index is 631. The largest absolute Gasteiger partial charge is 0.464 e. The summed E-state index contributed by atoms with van der Waals surface area (Å²) in [5, 5.41) is 0. The molecule has 144 valence electrons. The molecule has 1 unspecified atom stereocenters. The molecule has 1 fully saturated rings. The predicted molar refractivity (Wildman–Crippen MR) is 90.6 cm³/mol. The summed E-state index contributed by atoms with van der Waals surface area (Å²) < 4.78 is 44.7. The fourth-order valence-electron chi connectivity index (χ4n) is 3.12. The molecule has 1 aromatic carbocycles. The molecule has 0 radical (unpaired) electrons. The van der Waals surface area contributed by atoms with Gasteiger partial charge in [-0.3, -0.25) is 4.79 Å². The van der Waals surface area contributed by atoms with Gasteiger partial charge in [-0.25, -0.2) is 4.79 Å². The number of carbonyl (C=O) groups is 2. The Balaban J connectivity index is 2.06. The van der Waals surface area contributed by atoms with Gasteiger partial charge in [0.25, 0.3) is 5.91 Å². The molecule has 1 saturated heterocycles. The van der Waals surface area contributed by atoms with Crippen molar-refractivity contribution in [1.29, 1.82) is 0 Å². The summed E-state index contributed by atoms with van der Waals surface area (Å²) in [5.74, 6) is -1.31. The summed E-state index contributed by atoms with van der Waals surface area (Å²) >= 11 is 0. The molecule has 26 heavy (non-hydrogen) atoms. The number of amides is 1. The second-order valence-corrected chi connectivity index (χ2v) is 6.43. The van der Waals surface area contributed by atoms with Crippen molar-refractivity contribution < 1.29 is 27.5 Å². The molecule has 2 rings (SSSR count). The number of benzene rings is 1. The molecule has 1 aliphatic heterocycles. The summed E-state index contributed by atoms with van der Waals surface area (Å²) in [5.41, 5.74) is -1.41. The van der Waals surface area contributed by atoms with Crippen LogP contribution in [-0.2, 0) is 15.7 Å². The molecule has 4 nitrogen and oxygen atoms in total. The van der Waals surface area contributed by atoms with Crippen molar-refractivity contribution in [2.75, 3.05) is 13.2 Å². The fraction of sp³-hybridized carbons (Fsp3) is 0.579. The molecule has 0 N–H and O–H groups in total. The molecule has 1 aromatic rings. The first-order chi connectivity index (χ1) is 12.4. The van der Waals surface area contributed by atoms with E-state index in [1.807, 2.05) is 0 Å². The van der Waals surface area contributed by atoms with Crippen LogP contribution in [0.3, 0.4) is 0 Å². The number of alkyl halides is 3. The van der Waals surface area contributed by atoms with Crippen LogP contribution in [0.25, 0.3) is 0 Å². The lowest BCUT2D eigenvalue weighted by Crippen LogP contribution is -2.42. The maximum Gasteiger partial charge on any atom is 0.417 e. The van der Waals surface area contributed by atoms with Crippen LogP contribution in [0.4, 0.5) is 13.2 Å². The first kappa shape index (κ1) is 20.3. The second-order valence-electron chi connectivity index (χ2n) is 6.43. The molecule has 0 spiro atoms. The van der Waals surface area contributed by atoms with Gasteiger partial charge in [0.05, 0.1) is 17.7 Å². The number of hydrogen-bond donors (Lipinski definition) is 0. The number of rotatable bonds is 7. The van der Waals surface area contributed by atoms with Gasteiger partial charge in [0.15, 0.2) is 0 Å². The molecular weight excluding hydrogens is 347 g/mol. The Morgan fingerprint density at radius 3 is 2.62 bits per heavy atom. The molecule has 0 aromatic heterocycles. The Kier molecular flexibility index (Phi) is 7.06. The zero-order chi connectivity index (χ0) is 19.2. The van der Waals surface area contributed by atoms with Crippen molar-refractivity contribution in [1.82, 2.24) is 4.90 Å². The number of hydrogen-bond acceptors (Lipinski definition) is 3. The topological polar surface area (TPSA) is 46.6 Å². The Hall–Kier alpha value is -2.05. The van der Waals surface area contributed by atoms with E-state index in [0.29, 0.717) is 12.8 Å². The maximum absolute atomic E-state index is 13.2. The van der Waals surface area contributed by atoms with Crippen LogP contribution in [0.5, 0.6) is 0 Å². The van der Waals surface area contributed by atoms with Crippen LogP contribution >= 0.6 is 0 Å². The molecule has 1 aliphatic rings. The summed E-state index contributed by atoms with van der Waals surface area (Å²) in [6.07, 6.45) is 0.176. The number of halogens is 3. The first-order valence-corrected chi connectivity index (χ1v) is 9.00. The Morgan fingerprint density at radius 1 is 1.19 bits per heavy atom. The number of nitrogens with zero attached hydrogens (tertiary/aromatic N) is 1. The number of likely N-dealkylation sites (tertiary alicyclic amines) is 1. The monoisotopic (exact) mass is 371 g/mol. The first-order valence-electron chi connectivity index (χ1n) is 9.00. The van der Waals surface area contributed by atoms with Crippen molar-refractivity contribution in [3.63, 3.8) is 0 Å². The van der Waals surface area contributed by atoms with Gasteiger partial charge in [-0.1, -0.05) is 38.3 Å². The number of esters is 1. The van der Waals surface area contributed by atoms with E-state index in [4.69, 9.17) is 4.74 Å². The minimum atomic E-state index is -4.62. The SMILES string of the molecule is CCCCCCOC(=O)C1CCCN1C(=O)c1ccccc1C(F)(F)F. The van der Waals surface area contributed by atoms with E-state index in [0.717, 1.165) is 37.8 Å². The summed E-state index contributed by atoms with van der Waals surface area (Å²) in [6.45, 7) is 2.60. The highest BCUT2D eigenvalue weighted by atomic mass is 19.4. The van der Waals surface area contributed by atoms with E-state index in [9.17, 15) is 22.8 Å². The van der Waals surface area contributed by atoms with Crippen molar-refractivity contribution in [3.05, 3.63) is 35.4 Å². The summed E-state index contributed by atoms with van der Waals surface area (Å²) in [6, 6.07) is 3.85. The minimum absolute atomic E-state index is 0.251. The zero-order valence-electron chi connectivity index (χ0n) is 14.8. The number of carbonyl (C=O) groups excluding carboxylic acids is 2. The second kappa shape index (κ2) is 9.05. The van der Waals surface area contributed by atoms with Crippen LogP contribution in [-0.4, -0.2) is 36.0 Å². The molecule has 1 heterocycles. The highest BCUT2D eigenvalue weighted by Crippen LogP contribution is 2.33. The third-order valence-electron chi connectivity index (χ3n) is 4.49. The molecule has 0 aliphatic carbocycles. The van der Waals surface area contributed by atoms with Gasteiger partial charge in [0.1, 0.15) is 6.04 Å². The van der Waals surface area contributed by atoms with E-state index >= 15 is 0 Å². The van der Waals surface area contributed by atoms with Crippen molar-refractivity contribution in [2.24, 2.45) is 0 Å². The third-order valence-corrected chi connectivity index (χ3v) is 4.49. The third kappa shape index (κ3) is 4.99. The van der Waals surface area contributed by atoms with Gasteiger partial charge < -0.3 is 9.64 Å². The van der Waals surface area contributed by atoms with Crippen LogP contribution in [0.1, 0.15) is 61.4 Å². The van der Waals surface area contributed by atoms with Crippen LogP contribution in [0.15, 0.2) is 24.3 Å². The summed E-state index contributed by atoms with van der Waals surface area (Å²) in [7, 11) is 0. The van der Waals surface area contributed by atoms with Crippen LogP contribution in [0, 0.1) is 0 Å². The van der Waals surface area contributed by atoms with Gasteiger partial charge in [0, 0.05) is 6.54 Å². The molecule has 7 heteroatoms. The molecular formula is C19H24F3NO3. The highest BCUT2D eigenvalue weighted by Gasteiger charge is 2.40. The van der Waals surface area contributed by atoms with Gasteiger partial charge in [-0.2, -0.15) is 13.2 Å². The zero-order valence-corrected chi connectivity index (χ0v) is 14.8. The average Bonchev–Trinajstić information content (AvgIpc) is 3.10. The van der Waals surface area contributed by atoms with Crippen molar-refractivity contribution >= 4 is 11.9 Å². The van der Waals surface area contributed by atoms with E-state index in [-0.39, 0.29) is 13.2 Å². The molecule has 1 amide bonds. The van der Waals surface area contributed by atoms with E-state index in [2.05, 4.69) is 6.92 Å². The lowest BCUT2D eigenvalue weighted by molar-refractivity contribution is -0.148. The fourth-order valence-corrected chi connectivity index (χ4v) is 3.12. The summed E-state index contributed by atoms with van der Waals surface area (Å²) in [4.78, 5) is 26.1. The van der Waals surface area contributed by atoms with E-state index < -0.39 is 35.2 Å². The average molecular weight is 371 g/mol. The quantitative estimate of drug-likeness (QED) is 0.526. The molecule has 1 atom stereocenters. The minimum Gasteiger partial charge on any atom is -0.464 e. The standard InChI is InChI=1S/C19H24F3NO3/c1-2-3-4-7-13-26-18(25)16-11-8-12-23(16)17(24)14-9-5-6-10-15(14)19(20,21)22/h5-6,9-10,16H,2-4,7-8,11-13H2,1H3.